The van der Waals surface area contributed by atoms with Gasteiger partial charge in [-0.25, -0.2) is 15.0 Å². The molecular weight excluding hydrogens is 414 g/mol. The normalized spacial score (nSPS) is 11.2. The number of rotatable bonds is 5. The van der Waals surface area contributed by atoms with Crippen LogP contribution in [0.5, 0.6) is 0 Å². The summed E-state index contributed by atoms with van der Waals surface area (Å²) < 4.78 is 53.4. The Morgan fingerprint density at radius 1 is 1.14 bits per heavy atom. The van der Waals surface area contributed by atoms with Crippen LogP contribution in [0.1, 0.15) is 21.6 Å². The highest BCUT2D eigenvalue weighted by atomic mass is 35.5. The fourth-order valence-electron chi connectivity index (χ4n) is 2.35. The van der Waals surface area contributed by atoms with E-state index in [2.05, 4.69) is 25.6 Å². The maximum Gasteiger partial charge on any atom is 0.434 e. The number of alkyl halides is 3. The summed E-state index contributed by atoms with van der Waals surface area (Å²) in [5.41, 5.74) is -1.46. The molecule has 0 saturated heterocycles. The summed E-state index contributed by atoms with van der Waals surface area (Å²) in [5.74, 6) is -2.18. The van der Waals surface area contributed by atoms with Gasteiger partial charge in [0, 0.05) is 29.6 Å². The van der Waals surface area contributed by atoms with Gasteiger partial charge in [0.1, 0.15) is 0 Å². The second-order valence-electron chi connectivity index (χ2n) is 5.76. The zero-order chi connectivity index (χ0) is 21.0. The number of carbonyl (C=O) groups excluding carboxylic acids is 1. The average molecular weight is 426 g/mol. The van der Waals surface area contributed by atoms with E-state index in [4.69, 9.17) is 11.6 Å². The number of hydrogen-bond donors (Lipinski definition) is 2. The SMILES string of the molecule is O=C(NCc1ccnc(F)c1)c1cnc(Nc2cccc(Cl)c2)nc1C(F)(F)F. The molecule has 150 valence electrons. The Labute approximate surface area is 167 Å². The van der Waals surface area contributed by atoms with E-state index >= 15 is 0 Å². The van der Waals surface area contributed by atoms with E-state index in [0.29, 0.717) is 16.3 Å². The molecule has 11 heteroatoms. The predicted molar refractivity (Wildman–Crippen MR) is 97.1 cm³/mol. The van der Waals surface area contributed by atoms with Gasteiger partial charge in [-0.3, -0.25) is 4.79 Å². The standard InChI is InChI=1S/C18H12ClF4N5O/c19-11-2-1-3-12(7-11)27-17-26-9-13(15(28-17)18(21,22)23)16(29)25-8-10-4-5-24-14(20)6-10/h1-7,9H,8H2,(H,25,29)(H,26,27,28). The minimum atomic E-state index is -4.90. The van der Waals surface area contributed by atoms with Crippen LogP contribution in [0.2, 0.25) is 5.02 Å². The molecule has 0 aliphatic heterocycles. The molecule has 0 atom stereocenters. The number of nitrogens with one attached hydrogen (secondary N) is 2. The van der Waals surface area contributed by atoms with Crippen LogP contribution < -0.4 is 10.6 Å². The lowest BCUT2D eigenvalue weighted by molar-refractivity contribution is -0.141. The van der Waals surface area contributed by atoms with Gasteiger partial charge in [-0.2, -0.15) is 17.6 Å². The Kier molecular flexibility index (Phi) is 5.92. The molecule has 2 heterocycles. The first-order chi connectivity index (χ1) is 13.7. The Bertz CT molecular complexity index is 1040. The third-order valence-corrected chi connectivity index (χ3v) is 3.86. The van der Waals surface area contributed by atoms with Gasteiger partial charge in [0.05, 0.1) is 5.56 Å². The van der Waals surface area contributed by atoms with Crippen LogP contribution in [0, 0.1) is 5.95 Å². The number of nitrogens with zero attached hydrogens (tertiary/aromatic N) is 3. The van der Waals surface area contributed by atoms with Crippen molar-refractivity contribution in [3.8, 4) is 0 Å². The molecule has 2 N–H and O–H groups in total. The number of amides is 1. The van der Waals surface area contributed by atoms with Gasteiger partial charge < -0.3 is 10.6 Å². The molecule has 0 bridgehead atoms. The van der Waals surface area contributed by atoms with Crippen LogP contribution in [0.15, 0.2) is 48.8 Å². The van der Waals surface area contributed by atoms with Gasteiger partial charge >= 0.3 is 6.18 Å². The second kappa shape index (κ2) is 8.39. The summed E-state index contributed by atoms with van der Waals surface area (Å²) >= 11 is 5.84. The fraction of sp³-hybridized carbons (Fsp3) is 0.111. The molecule has 0 fully saturated rings. The van der Waals surface area contributed by atoms with Crippen molar-refractivity contribution in [3.05, 3.63) is 76.6 Å². The van der Waals surface area contributed by atoms with Gasteiger partial charge in [0.15, 0.2) is 5.69 Å². The lowest BCUT2D eigenvalue weighted by atomic mass is 10.2. The molecule has 3 rings (SSSR count). The van der Waals surface area contributed by atoms with Crippen molar-refractivity contribution in [2.24, 2.45) is 0 Å². The molecule has 2 aromatic heterocycles. The Morgan fingerprint density at radius 3 is 2.62 bits per heavy atom. The number of aromatic nitrogens is 3. The van der Waals surface area contributed by atoms with E-state index in [1.165, 1.54) is 18.3 Å². The third-order valence-electron chi connectivity index (χ3n) is 3.63. The zero-order valence-electron chi connectivity index (χ0n) is 14.5. The maximum atomic E-state index is 13.4. The highest BCUT2D eigenvalue weighted by molar-refractivity contribution is 6.30. The molecule has 29 heavy (non-hydrogen) atoms. The van der Waals surface area contributed by atoms with Crippen molar-refractivity contribution in [1.29, 1.82) is 0 Å². The molecule has 3 aromatic rings. The third kappa shape index (κ3) is 5.38. The van der Waals surface area contributed by atoms with Crippen LogP contribution in [0.4, 0.5) is 29.2 Å². The number of halogens is 5. The van der Waals surface area contributed by atoms with Crippen molar-refractivity contribution in [1.82, 2.24) is 20.3 Å². The predicted octanol–water partition coefficient (Wildman–Crippen LogP) is 4.36. The van der Waals surface area contributed by atoms with E-state index < -0.39 is 29.3 Å². The van der Waals surface area contributed by atoms with Crippen molar-refractivity contribution < 1.29 is 22.4 Å². The van der Waals surface area contributed by atoms with Crippen molar-refractivity contribution in [3.63, 3.8) is 0 Å². The molecule has 0 aliphatic rings. The van der Waals surface area contributed by atoms with Crippen LogP contribution in [-0.4, -0.2) is 20.9 Å². The van der Waals surface area contributed by atoms with Crippen LogP contribution in [0.3, 0.4) is 0 Å². The van der Waals surface area contributed by atoms with Crippen molar-refractivity contribution in [2.45, 2.75) is 12.7 Å². The molecule has 6 nitrogen and oxygen atoms in total. The molecule has 0 saturated carbocycles. The van der Waals surface area contributed by atoms with E-state index in [1.54, 1.807) is 18.2 Å². The van der Waals surface area contributed by atoms with Crippen molar-refractivity contribution in [2.75, 3.05) is 5.32 Å². The lowest BCUT2D eigenvalue weighted by Crippen LogP contribution is -2.27. The maximum absolute atomic E-state index is 13.4. The number of hydrogen-bond acceptors (Lipinski definition) is 5. The molecule has 1 aromatic carbocycles. The average Bonchev–Trinajstić information content (AvgIpc) is 2.65. The molecule has 1 amide bonds. The van der Waals surface area contributed by atoms with Gasteiger partial charge in [-0.15, -0.1) is 0 Å². The summed E-state index contributed by atoms with van der Waals surface area (Å²) in [6.45, 7) is -0.196. The molecular formula is C18H12ClF4N5O. The summed E-state index contributed by atoms with van der Waals surface area (Å²) in [6, 6.07) is 8.71. The van der Waals surface area contributed by atoms with Crippen LogP contribution >= 0.6 is 11.6 Å². The van der Waals surface area contributed by atoms with Crippen LogP contribution in [-0.2, 0) is 12.7 Å². The van der Waals surface area contributed by atoms with E-state index in [0.717, 1.165) is 12.3 Å². The number of carbonyl (C=O) groups is 1. The summed E-state index contributed by atoms with van der Waals surface area (Å²) in [6.07, 6.45) is -2.95. The highest BCUT2D eigenvalue weighted by Crippen LogP contribution is 2.31. The Balaban J connectivity index is 1.83. The van der Waals surface area contributed by atoms with Gasteiger partial charge in [-0.1, -0.05) is 17.7 Å². The first kappa shape index (κ1) is 20.5. The number of pyridine rings is 1. The summed E-state index contributed by atoms with van der Waals surface area (Å²) in [5, 5.41) is 5.25. The minimum absolute atomic E-state index is 0.196. The van der Waals surface area contributed by atoms with Gasteiger partial charge in [-0.05, 0) is 35.9 Å². The molecule has 0 unspecified atom stereocenters. The number of benzene rings is 1. The van der Waals surface area contributed by atoms with E-state index in [1.807, 2.05) is 0 Å². The molecule has 0 spiro atoms. The molecule has 0 radical (unpaired) electrons. The zero-order valence-corrected chi connectivity index (χ0v) is 15.2. The highest BCUT2D eigenvalue weighted by Gasteiger charge is 2.38. The largest absolute Gasteiger partial charge is 0.434 e. The van der Waals surface area contributed by atoms with Crippen LogP contribution in [0.25, 0.3) is 0 Å². The van der Waals surface area contributed by atoms with E-state index in [-0.39, 0.29) is 12.5 Å². The lowest BCUT2D eigenvalue weighted by Gasteiger charge is -2.13. The molecule has 0 aliphatic carbocycles. The Morgan fingerprint density at radius 2 is 1.93 bits per heavy atom. The first-order valence-corrected chi connectivity index (χ1v) is 8.45. The number of anilines is 2. The van der Waals surface area contributed by atoms with Gasteiger partial charge in [0.25, 0.3) is 5.91 Å². The monoisotopic (exact) mass is 425 g/mol. The van der Waals surface area contributed by atoms with E-state index in [9.17, 15) is 22.4 Å². The topological polar surface area (TPSA) is 79.8 Å². The smallest absolute Gasteiger partial charge is 0.348 e. The van der Waals surface area contributed by atoms with Crippen molar-refractivity contribution >= 4 is 29.1 Å². The second-order valence-corrected chi connectivity index (χ2v) is 6.19. The summed E-state index contributed by atoms with van der Waals surface area (Å²) in [4.78, 5) is 22.8. The quantitative estimate of drug-likeness (QED) is 0.469. The fourth-order valence-corrected chi connectivity index (χ4v) is 2.54. The minimum Gasteiger partial charge on any atom is -0.348 e. The summed E-state index contributed by atoms with van der Waals surface area (Å²) in [7, 11) is 0. The first-order valence-electron chi connectivity index (χ1n) is 8.08. The Hall–Kier alpha value is -3.27. The van der Waals surface area contributed by atoms with Gasteiger partial charge in [0.2, 0.25) is 11.9 Å².